The molecule has 19 heavy (non-hydrogen) atoms. The van der Waals surface area contributed by atoms with Crippen LogP contribution in [0, 0.1) is 10.1 Å². The van der Waals surface area contributed by atoms with Crippen molar-refractivity contribution >= 4 is 31.7 Å². The van der Waals surface area contributed by atoms with Crippen molar-refractivity contribution in [3.8, 4) is 5.75 Å². The van der Waals surface area contributed by atoms with Crippen molar-refractivity contribution in [2.75, 3.05) is 0 Å². The lowest BCUT2D eigenvalue weighted by molar-refractivity contribution is -0.386. The molecule has 0 bridgehead atoms. The summed E-state index contributed by atoms with van der Waals surface area (Å²) in [6.07, 6.45) is -0.00266. The Hall–Kier alpha value is -1.81. The number of nitro benzene ring substituents is 1. The normalized spacial score (nSPS) is 11.4. The van der Waals surface area contributed by atoms with Crippen LogP contribution < -0.4 is 4.74 Å². The molecular weight excluding hydrogens is 312 g/mol. The minimum Gasteiger partial charge on any atom is -0.426 e. The number of nitro groups is 1. The minimum atomic E-state index is -4.70. The molecule has 0 fully saturated rings. The van der Waals surface area contributed by atoms with E-state index in [0.29, 0.717) is 6.07 Å². The molecule has 1 aromatic carbocycles. The zero-order valence-electron chi connectivity index (χ0n) is 8.75. The summed E-state index contributed by atoms with van der Waals surface area (Å²) in [4.78, 5) is 19.0. The number of nitrogens with zero attached hydrogens (tertiary/aromatic N) is 1. The Labute approximate surface area is 109 Å². The summed E-state index contributed by atoms with van der Waals surface area (Å²) in [6.45, 7) is -3.53. The van der Waals surface area contributed by atoms with Gasteiger partial charge in [0.2, 0.25) is 5.75 Å². The van der Waals surface area contributed by atoms with Gasteiger partial charge in [-0.3, -0.25) is 14.9 Å². The van der Waals surface area contributed by atoms with Crippen LogP contribution in [0.15, 0.2) is 17.0 Å². The SMILES string of the molecule is O=Cc1ccc([N+](=O)[O-])c(OC(F)F)c1S(=O)(=O)Cl. The number of hydrogen-bond donors (Lipinski definition) is 0. The van der Waals surface area contributed by atoms with E-state index in [0.717, 1.165) is 6.07 Å². The zero-order valence-corrected chi connectivity index (χ0v) is 10.3. The molecule has 0 radical (unpaired) electrons. The van der Waals surface area contributed by atoms with Crippen LogP contribution in [-0.4, -0.2) is 26.2 Å². The number of halogens is 3. The third-order valence-electron chi connectivity index (χ3n) is 1.90. The van der Waals surface area contributed by atoms with E-state index in [4.69, 9.17) is 10.7 Å². The third kappa shape index (κ3) is 3.35. The fraction of sp³-hybridized carbons (Fsp3) is 0.125. The molecule has 0 aromatic heterocycles. The van der Waals surface area contributed by atoms with Crippen molar-refractivity contribution in [2.45, 2.75) is 11.5 Å². The molecule has 11 heteroatoms. The van der Waals surface area contributed by atoms with Gasteiger partial charge in [-0.25, -0.2) is 8.42 Å². The standard InChI is InChI=1S/C8H4ClF2NO6S/c9-19(16,17)7-4(3-13)1-2-5(12(14)15)6(7)18-8(10)11/h1-3,8H. The minimum absolute atomic E-state index is 0.00266. The summed E-state index contributed by atoms with van der Waals surface area (Å²) in [5.74, 6) is -1.28. The highest BCUT2D eigenvalue weighted by atomic mass is 35.7. The molecule has 0 aliphatic heterocycles. The molecule has 0 aliphatic rings. The van der Waals surface area contributed by atoms with Crippen LogP contribution in [0.3, 0.4) is 0 Å². The van der Waals surface area contributed by atoms with Crippen molar-refractivity contribution in [3.63, 3.8) is 0 Å². The summed E-state index contributed by atoms with van der Waals surface area (Å²) in [6, 6.07) is 1.42. The van der Waals surface area contributed by atoms with Crippen molar-refractivity contribution in [3.05, 3.63) is 27.8 Å². The first-order valence-corrected chi connectivity index (χ1v) is 6.65. The van der Waals surface area contributed by atoms with Gasteiger partial charge in [0.15, 0.2) is 6.29 Å². The predicted molar refractivity (Wildman–Crippen MR) is 58.2 cm³/mol. The Morgan fingerprint density at radius 3 is 2.37 bits per heavy atom. The van der Waals surface area contributed by atoms with Crippen molar-refractivity contribution < 1.29 is 31.7 Å². The van der Waals surface area contributed by atoms with E-state index in [2.05, 4.69) is 4.74 Å². The fourth-order valence-electron chi connectivity index (χ4n) is 1.26. The highest BCUT2D eigenvalue weighted by molar-refractivity contribution is 8.13. The van der Waals surface area contributed by atoms with Gasteiger partial charge in [-0.2, -0.15) is 8.78 Å². The van der Waals surface area contributed by atoms with Crippen LogP contribution in [0.5, 0.6) is 5.75 Å². The average molecular weight is 316 g/mol. The second-order valence-electron chi connectivity index (χ2n) is 3.02. The molecule has 0 saturated heterocycles. The van der Waals surface area contributed by atoms with Crippen LogP contribution in [0.25, 0.3) is 0 Å². The summed E-state index contributed by atoms with van der Waals surface area (Å²) < 4.78 is 50.7. The van der Waals surface area contributed by atoms with E-state index in [1.807, 2.05) is 0 Å². The molecule has 7 nitrogen and oxygen atoms in total. The van der Waals surface area contributed by atoms with Gasteiger partial charge in [0.1, 0.15) is 4.90 Å². The summed E-state index contributed by atoms with van der Waals surface area (Å²) in [7, 11) is 0.274. The van der Waals surface area contributed by atoms with E-state index in [1.165, 1.54) is 0 Å². The summed E-state index contributed by atoms with van der Waals surface area (Å²) >= 11 is 0. The molecule has 0 saturated carbocycles. The third-order valence-corrected chi connectivity index (χ3v) is 3.27. The van der Waals surface area contributed by atoms with Gasteiger partial charge in [-0.15, -0.1) is 0 Å². The number of carbonyl (C=O) groups excluding carboxylic acids is 1. The Morgan fingerprint density at radius 1 is 1.42 bits per heavy atom. The molecule has 0 spiro atoms. The molecule has 0 N–H and O–H groups in total. The first kappa shape index (κ1) is 15.2. The maximum atomic E-state index is 12.2. The lowest BCUT2D eigenvalue weighted by Gasteiger charge is -2.10. The maximum Gasteiger partial charge on any atom is 0.387 e. The van der Waals surface area contributed by atoms with Gasteiger partial charge < -0.3 is 4.74 Å². The molecule has 0 aliphatic carbocycles. The monoisotopic (exact) mass is 315 g/mol. The molecule has 1 aromatic rings. The fourth-order valence-corrected chi connectivity index (χ4v) is 2.51. The van der Waals surface area contributed by atoms with E-state index in [-0.39, 0.29) is 6.29 Å². The number of benzene rings is 1. The maximum absolute atomic E-state index is 12.2. The smallest absolute Gasteiger partial charge is 0.387 e. The second-order valence-corrected chi connectivity index (χ2v) is 5.53. The largest absolute Gasteiger partial charge is 0.426 e. The number of aldehydes is 1. The second kappa shape index (κ2) is 5.45. The first-order valence-electron chi connectivity index (χ1n) is 4.34. The Balaban J connectivity index is 3.76. The van der Waals surface area contributed by atoms with E-state index in [9.17, 15) is 32.1 Å². The van der Waals surface area contributed by atoms with Crippen LogP contribution in [0.1, 0.15) is 10.4 Å². The molecular formula is C8H4ClF2NO6S. The van der Waals surface area contributed by atoms with Crippen LogP contribution in [0.2, 0.25) is 0 Å². The lowest BCUT2D eigenvalue weighted by Crippen LogP contribution is -2.10. The first-order chi connectivity index (χ1) is 8.68. The van der Waals surface area contributed by atoms with Gasteiger partial charge in [0, 0.05) is 22.3 Å². The number of ether oxygens (including phenoxy) is 1. The van der Waals surface area contributed by atoms with Gasteiger partial charge in [-0.05, 0) is 6.07 Å². The Morgan fingerprint density at radius 2 is 2.00 bits per heavy atom. The number of rotatable bonds is 5. The zero-order chi connectivity index (χ0) is 14.8. The molecule has 1 rings (SSSR count). The predicted octanol–water partition coefficient (Wildman–Crippen LogP) is 1.94. The van der Waals surface area contributed by atoms with Crippen LogP contribution in [0.4, 0.5) is 14.5 Å². The van der Waals surface area contributed by atoms with Crippen molar-refractivity contribution in [2.24, 2.45) is 0 Å². The summed E-state index contributed by atoms with van der Waals surface area (Å²) in [5.41, 5.74) is -1.68. The van der Waals surface area contributed by atoms with E-state index >= 15 is 0 Å². The number of alkyl halides is 2. The number of carbonyl (C=O) groups is 1. The Kier molecular flexibility index (Phi) is 4.37. The van der Waals surface area contributed by atoms with E-state index in [1.54, 1.807) is 0 Å². The van der Waals surface area contributed by atoms with Crippen molar-refractivity contribution in [1.82, 2.24) is 0 Å². The topological polar surface area (TPSA) is 104 Å². The van der Waals surface area contributed by atoms with Gasteiger partial charge in [-0.1, -0.05) is 0 Å². The summed E-state index contributed by atoms with van der Waals surface area (Å²) in [5, 5.41) is 10.6. The molecule has 0 amide bonds. The molecule has 0 unspecified atom stereocenters. The van der Waals surface area contributed by atoms with Gasteiger partial charge in [0.05, 0.1) is 4.92 Å². The Bertz CT molecular complexity index is 632. The van der Waals surface area contributed by atoms with Crippen molar-refractivity contribution in [1.29, 1.82) is 0 Å². The highest BCUT2D eigenvalue weighted by Crippen LogP contribution is 2.38. The van der Waals surface area contributed by atoms with Gasteiger partial charge in [0.25, 0.3) is 9.05 Å². The van der Waals surface area contributed by atoms with Gasteiger partial charge >= 0.3 is 12.3 Å². The van der Waals surface area contributed by atoms with Crippen LogP contribution >= 0.6 is 10.7 Å². The molecule has 104 valence electrons. The quantitative estimate of drug-likeness (QED) is 0.356. The molecule has 0 heterocycles. The lowest BCUT2D eigenvalue weighted by atomic mass is 10.2. The van der Waals surface area contributed by atoms with E-state index < -0.39 is 42.5 Å². The number of hydrogen-bond acceptors (Lipinski definition) is 6. The average Bonchev–Trinajstić information content (AvgIpc) is 2.25. The molecule has 0 atom stereocenters. The van der Waals surface area contributed by atoms with Crippen LogP contribution in [-0.2, 0) is 9.05 Å². The highest BCUT2D eigenvalue weighted by Gasteiger charge is 2.31.